The van der Waals surface area contributed by atoms with Crippen LogP contribution in [0.1, 0.15) is 21.7 Å². The van der Waals surface area contributed by atoms with Gasteiger partial charge in [-0.2, -0.15) is 5.10 Å². The third-order valence-electron chi connectivity index (χ3n) is 3.40. The number of aromatic hydroxyl groups is 1. The standard InChI is InChI=1S/C16H13N5O5/c22-13(10-3-5-17-6-4-10)20-18-8-12-14(23)19-16(25)21(15(12)24)9-11-2-1-7-26-11/h1-8,24H,9H2,(H,20,22)(H,19,23,25)/b18-8+. The zero-order chi connectivity index (χ0) is 18.5. The molecule has 10 heteroatoms. The molecule has 0 atom stereocenters. The van der Waals surface area contributed by atoms with Gasteiger partial charge in [0.25, 0.3) is 11.5 Å². The van der Waals surface area contributed by atoms with E-state index >= 15 is 0 Å². The Hall–Kier alpha value is -3.95. The van der Waals surface area contributed by atoms with Gasteiger partial charge in [0.05, 0.1) is 19.0 Å². The van der Waals surface area contributed by atoms with Crippen molar-refractivity contribution >= 4 is 12.1 Å². The lowest BCUT2D eigenvalue weighted by Crippen LogP contribution is -2.32. The van der Waals surface area contributed by atoms with E-state index in [0.717, 1.165) is 10.8 Å². The number of rotatable bonds is 5. The Morgan fingerprint density at radius 3 is 2.81 bits per heavy atom. The number of pyridine rings is 1. The molecule has 0 aliphatic carbocycles. The highest BCUT2D eigenvalue weighted by Crippen LogP contribution is 2.11. The minimum atomic E-state index is -0.842. The molecule has 0 aliphatic heterocycles. The number of carbonyl (C=O) groups excluding carboxylic acids is 1. The smallest absolute Gasteiger partial charge is 0.331 e. The SMILES string of the molecule is O=C(N/N=C/c1c(O)n(Cc2ccco2)c(=O)[nH]c1=O)c1ccncc1. The lowest BCUT2D eigenvalue weighted by atomic mass is 10.3. The van der Waals surface area contributed by atoms with Crippen LogP contribution in [0.15, 0.2) is 62.0 Å². The Labute approximate surface area is 145 Å². The second-order valence-electron chi connectivity index (χ2n) is 5.10. The first-order valence-electron chi connectivity index (χ1n) is 7.38. The third kappa shape index (κ3) is 3.59. The van der Waals surface area contributed by atoms with Crippen molar-refractivity contribution in [2.45, 2.75) is 6.54 Å². The quantitative estimate of drug-likeness (QED) is 0.436. The van der Waals surface area contributed by atoms with Gasteiger partial charge in [-0.15, -0.1) is 0 Å². The molecule has 0 saturated heterocycles. The van der Waals surface area contributed by atoms with Crippen molar-refractivity contribution < 1.29 is 14.3 Å². The normalized spacial score (nSPS) is 10.9. The summed E-state index contributed by atoms with van der Waals surface area (Å²) < 4.78 is 6.03. The van der Waals surface area contributed by atoms with E-state index < -0.39 is 23.0 Å². The largest absolute Gasteiger partial charge is 0.494 e. The highest BCUT2D eigenvalue weighted by molar-refractivity contribution is 5.94. The summed E-state index contributed by atoms with van der Waals surface area (Å²) in [6.45, 7) is -0.0847. The van der Waals surface area contributed by atoms with Gasteiger partial charge in [0.15, 0.2) is 0 Å². The van der Waals surface area contributed by atoms with Gasteiger partial charge in [-0.25, -0.2) is 10.2 Å². The molecule has 0 radical (unpaired) electrons. The van der Waals surface area contributed by atoms with E-state index in [4.69, 9.17) is 4.42 Å². The Morgan fingerprint density at radius 2 is 2.12 bits per heavy atom. The number of hydrogen-bond donors (Lipinski definition) is 3. The Bertz CT molecular complexity index is 1050. The van der Waals surface area contributed by atoms with Gasteiger partial charge >= 0.3 is 5.69 Å². The van der Waals surface area contributed by atoms with E-state index in [-0.39, 0.29) is 12.1 Å². The summed E-state index contributed by atoms with van der Waals surface area (Å²) in [5, 5.41) is 13.9. The topological polar surface area (TPSA) is 143 Å². The average molecular weight is 355 g/mol. The number of amides is 1. The molecule has 0 bridgehead atoms. The highest BCUT2D eigenvalue weighted by Gasteiger charge is 2.14. The summed E-state index contributed by atoms with van der Waals surface area (Å²) in [5.74, 6) is -0.719. The molecule has 1 amide bonds. The maximum absolute atomic E-state index is 11.9. The van der Waals surface area contributed by atoms with Crippen molar-refractivity contribution in [3.63, 3.8) is 0 Å². The van der Waals surface area contributed by atoms with Crippen LogP contribution in [0, 0.1) is 0 Å². The summed E-state index contributed by atoms with van der Waals surface area (Å²) in [7, 11) is 0. The molecule has 132 valence electrons. The molecule has 3 rings (SSSR count). The molecule has 0 fully saturated rings. The van der Waals surface area contributed by atoms with Gasteiger partial charge in [-0.1, -0.05) is 0 Å². The molecule has 0 saturated carbocycles. The van der Waals surface area contributed by atoms with Crippen LogP contribution in [0.25, 0.3) is 0 Å². The van der Waals surface area contributed by atoms with E-state index in [2.05, 4.69) is 20.5 Å². The lowest BCUT2D eigenvalue weighted by molar-refractivity contribution is 0.0955. The zero-order valence-electron chi connectivity index (χ0n) is 13.2. The molecule has 3 aromatic heterocycles. The van der Waals surface area contributed by atoms with E-state index in [9.17, 15) is 19.5 Å². The second kappa shape index (κ2) is 7.30. The molecular weight excluding hydrogens is 342 g/mol. The highest BCUT2D eigenvalue weighted by atomic mass is 16.3. The minimum absolute atomic E-state index is 0.0847. The Balaban J connectivity index is 1.84. The Morgan fingerprint density at radius 1 is 1.35 bits per heavy atom. The molecule has 3 N–H and O–H groups in total. The fraction of sp³-hybridized carbons (Fsp3) is 0.0625. The van der Waals surface area contributed by atoms with Crippen LogP contribution in [-0.4, -0.2) is 31.8 Å². The number of H-pyrrole nitrogens is 1. The first kappa shape index (κ1) is 16.9. The summed E-state index contributed by atoms with van der Waals surface area (Å²) in [6.07, 6.45) is 5.25. The first-order valence-corrected chi connectivity index (χ1v) is 7.38. The molecule has 0 aliphatic rings. The van der Waals surface area contributed by atoms with Gasteiger partial charge in [-0.3, -0.25) is 24.1 Å². The summed E-state index contributed by atoms with van der Waals surface area (Å²) >= 11 is 0. The fourth-order valence-electron chi connectivity index (χ4n) is 2.12. The van der Waals surface area contributed by atoms with Gasteiger partial charge in [0.1, 0.15) is 11.3 Å². The molecule has 3 aromatic rings. The summed E-state index contributed by atoms with van der Waals surface area (Å²) in [5.41, 5.74) is 0.600. The van der Waals surface area contributed by atoms with Crippen molar-refractivity contribution in [2.24, 2.45) is 5.10 Å². The van der Waals surface area contributed by atoms with Crippen molar-refractivity contribution in [2.75, 3.05) is 0 Å². The fourth-order valence-corrected chi connectivity index (χ4v) is 2.12. The van der Waals surface area contributed by atoms with Gasteiger partial charge < -0.3 is 9.52 Å². The predicted octanol–water partition coefficient (Wildman–Crippen LogP) is 0.0424. The van der Waals surface area contributed by atoms with Crippen LogP contribution < -0.4 is 16.7 Å². The number of nitrogens with zero attached hydrogens (tertiary/aromatic N) is 3. The van der Waals surface area contributed by atoms with Crippen molar-refractivity contribution in [1.82, 2.24) is 20.0 Å². The number of hydrogen-bond acceptors (Lipinski definition) is 7. The van der Waals surface area contributed by atoms with Crippen molar-refractivity contribution in [1.29, 1.82) is 0 Å². The van der Waals surface area contributed by atoms with Gasteiger partial charge in [-0.05, 0) is 24.3 Å². The van der Waals surface area contributed by atoms with Gasteiger partial charge in [0.2, 0.25) is 5.88 Å². The molecule has 0 unspecified atom stereocenters. The zero-order valence-corrected chi connectivity index (χ0v) is 13.2. The average Bonchev–Trinajstić information content (AvgIpc) is 3.15. The monoisotopic (exact) mass is 355 g/mol. The van der Waals surface area contributed by atoms with Crippen LogP contribution in [0.5, 0.6) is 5.88 Å². The number of aromatic nitrogens is 3. The lowest BCUT2D eigenvalue weighted by Gasteiger charge is -2.07. The number of hydrazone groups is 1. The molecule has 3 heterocycles. The molecule has 26 heavy (non-hydrogen) atoms. The molecule has 10 nitrogen and oxygen atoms in total. The van der Waals surface area contributed by atoms with Gasteiger partial charge in [0, 0.05) is 18.0 Å². The molecular formula is C16H13N5O5. The van der Waals surface area contributed by atoms with Crippen LogP contribution >= 0.6 is 0 Å². The van der Waals surface area contributed by atoms with E-state index in [0.29, 0.717) is 11.3 Å². The second-order valence-corrected chi connectivity index (χ2v) is 5.10. The Kier molecular flexibility index (Phi) is 4.74. The predicted molar refractivity (Wildman–Crippen MR) is 90.1 cm³/mol. The van der Waals surface area contributed by atoms with Crippen LogP contribution in [0.4, 0.5) is 0 Å². The van der Waals surface area contributed by atoms with E-state index in [1.54, 1.807) is 12.1 Å². The first-order chi connectivity index (χ1) is 12.6. The van der Waals surface area contributed by atoms with Crippen LogP contribution in [0.2, 0.25) is 0 Å². The minimum Gasteiger partial charge on any atom is -0.494 e. The summed E-state index contributed by atoms with van der Waals surface area (Å²) in [4.78, 5) is 41.5. The number of aromatic amines is 1. The van der Waals surface area contributed by atoms with Crippen LogP contribution in [0.3, 0.4) is 0 Å². The van der Waals surface area contributed by atoms with E-state index in [1.807, 2.05) is 0 Å². The van der Waals surface area contributed by atoms with E-state index in [1.165, 1.54) is 30.8 Å². The summed E-state index contributed by atoms with van der Waals surface area (Å²) in [6, 6.07) is 6.21. The number of carbonyl (C=O) groups is 1. The molecule has 0 spiro atoms. The maximum atomic E-state index is 11.9. The van der Waals surface area contributed by atoms with Crippen LogP contribution in [-0.2, 0) is 6.54 Å². The third-order valence-corrected chi connectivity index (χ3v) is 3.40. The number of nitrogens with one attached hydrogen (secondary N) is 2. The number of furan rings is 1. The van der Waals surface area contributed by atoms with Crippen molar-refractivity contribution in [3.05, 3.63) is 80.6 Å². The molecule has 0 aromatic carbocycles. The maximum Gasteiger partial charge on any atom is 0.331 e. The van der Waals surface area contributed by atoms with Crippen molar-refractivity contribution in [3.8, 4) is 5.88 Å².